The van der Waals surface area contributed by atoms with Gasteiger partial charge in [-0.25, -0.2) is 0 Å². The molecule has 0 aliphatic heterocycles. The number of aromatic nitrogens is 4. The summed E-state index contributed by atoms with van der Waals surface area (Å²) >= 11 is 0. The van der Waals surface area contributed by atoms with Gasteiger partial charge in [0.25, 0.3) is 0 Å². The molecular weight excluding hydrogens is 178 g/mol. The smallest absolute Gasteiger partial charge is 0.179 e. The molecule has 74 valence electrons. The van der Waals surface area contributed by atoms with E-state index in [2.05, 4.69) is 15.2 Å². The SMILES string of the molecule is CC(N)CCc1nnc2cnccn12. The minimum atomic E-state index is 0.198. The van der Waals surface area contributed by atoms with Crippen LogP contribution >= 0.6 is 0 Å². The molecule has 1 unspecified atom stereocenters. The van der Waals surface area contributed by atoms with Crippen LogP contribution in [0.5, 0.6) is 0 Å². The van der Waals surface area contributed by atoms with Crippen LogP contribution in [0, 0.1) is 0 Å². The molecule has 14 heavy (non-hydrogen) atoms. The molecule has 0 aliphatic carbocycles. The average Bonchev–Trinajstić information content (AvgIpc) is 2.58. The summed E-state index contributed by atoms with van der Waals surface area (Å²) in [6, 6.07) is 0.198. The minimum Gasteiger partial charge on any atom is -0.328 e. The van der Waals surface area contributed by atoms with Crippen LogP contribution in [0.15, 0.2) is 18.6 Å². The first-order chi connectivity index (χ1) is 6.77. The van der Waals surface area contributed by atoms with Crippen LogP contribution in [0.1, 0.15) is 19.2 Å². The van der Waals surface area contributed by atoms with Crippen molar-refractivity contribution in [1.29, 1.82) is 0 Å². The van der Waals surface area contributed by atoms with Crippen molar-refractivity contribution in [3.05, 3.63) is 24.4 Å². The average molecular weight is 191 g/mol. The lowest BCUT2D eigenvalue weighted by atomic mass is 10.2. The van der Waals surface area contributed by atoms with E-state index in [1.165, 1.54) is 0 Å². The molecule has 5 nitrogen and oxygen atoms in total. The van der Waals surface area contributed by atoms with Gasteiger partial charge in [-0.05, 0) is 13.3 Å². The van der Waals surface area contributed by atoms with Crippen molar-refractivity contribution in [2.24, 2.45) is 5.73 Å². The van der Waals surface area contributed by atoms with Crippen LogP contribution < -0.4 is 5.73 Å². The van der Waals surface area contributed by atoms with Crippen LogP contribution in [-0.2, 0) is 6.42 Å². The quantitative estimate of drug-likeness (QED) is 0.762. The Balaban J connectivity index is 2.25. The lowest BCUT2D eigenvalue weighted by Gasteiger charge is -2.02. The maximum Gasteiger partial charge on any atom is 0.179 e. The summed E-state index contributed by atoms with van der Waals surface area (Å²) in [5.74, 6) is 0.944. The zero-order valence-electron chi connectivity index (χ0n) is 8.09. The van der Waals surface area contributed by atoms with Crippen LogP contribution in [0.3, 0.4) is 0 Å². The number of nitrogens with two attached hydrogens (primary N) is 1. The third kappa shape index (κ3) is 1.72. The molecule has 0 aromatic carbocycles. The van der Waals surface area contributed by atoms with E-state index in [-0.39, 0.29) is 6.04 Å². The first-order valence-corrected chi connectivity index (χ1v) is 4.66. The normalized spacial score (nSPS) is 13.3. The predicted molar refractivity (Wildman–Crippen MR) is 52.8 cm³/mol. The van der Waals surface area contributed by atoms with Gasteiger partial charge in [-0.15, -0.1) is 10.2 Å². The monoisotopic (exact) mass is 191 g/mol. The van der Waals surface area contributed by atoms with Crippen LogP contribution in [0.2, 0.25) is 0 Å². The first kappa shape index (κ1) is 9.08. The van der Waals surface area contributed by atoms with Crippen LogP contribution in [0.4, 0.5) is 0 Å². The van der Waals surface area contributed by atoms with E-state index in [9.17, 15) is 0 Å². The van der Waals surface area contributed by atoms with Gasteiger partial charge in [0.1, 0.15) is 5.82 Å². The molecule has 2 aromatic heterocycles. The highest BCUT2D eigenvalue weighted by atomic mass is 15.2. The Morgan fingerprint density at radius 1 is 1.50 bits per heavy atom. The molecule has 5 heteroatoms. The van der Waals surface area contributed by atoms with Crippen molar-refractivity contribution in [3.63, 3.8) is 0 Å². The van der Waals surface area contributed by atoms with E-state index in [0.29, 0.717) is 0 Å². The van der Waals surface area contributed by atoms with Gasteiger partial charge in [-0.1, -0.05) is 0 Å². The molecular formula is C9H13N5. The first-order valence-electron chi connectivity index (χ1n) is 4.66. The maximum absolute atomic E-state index is 5.68. The number of nitrogens with zero attached hydrogens (tertiary/aromatic N) is 4. The van der Waals surface area contributed by atoms with Gasteiger partial charge in [0.05, 0.1) is 6.20 Å². The second-order valence-electron chi connectivity index (χ2n) is 3.44. The Bertz CT molecular complexity index is 420. The zero-order valence-corrected chi connectivity index (χ0v) is 8.09. The van der Waals surface area contributed by atoms with Crippen LogP contribution in [-0.4, -0.2) is 25.6 Å². The molecule has 0 spiro atoms. The van der Waals surface area contributed by atoms with E-state index in [1.54, 1.807) is 12.4 Å². The van der Waals surface area contributed by atoms with Gasteiger partial charge in [0, 0.05) is 24.9 Å². The fraction of sp³-hybridized carbons (Fsp3) is 0.444. The lowest BCUT2D eigenvalue weighted by molar-refractivity contribution is 0.644. The summed E-state index contributed by atoms with van der Waals surface area (Å²) in [5, 5.41) is 8.09. The highest BCUT2D eigenvalue weighted by molar-refractivity contribution is 5.33. The summed E-state index contributed by atoms with van der Waals surface area (Å²) in [5.41, 5.74) is 6.47. The van der Waals surface area contributed by atoms with Gasteiger partial charge in [-0.2, -0.15) is 0 Å². The summed E-state index contributed by atoms with van der Waals surface area (Å²) in [4.78, 5) is 3.97. The summed E-state index contributed by atoms with van der Waals surface area (Å²) in [6.07, 6.45) is 7.06. The Morgan fingerprint density at radius 3 is 3.14 bits per heavy atom. The van der Waals surface area contributed by atoms with E-state index >= 15 is 0 Å². The number of hydrogen-bond donors (Lipinski definition) is 1. The topological polar surface area (TPSA) is 69.1 Å². The second-order valence-corrected chi connectivity index (χ2v) is 3.44. The van der Waals surface area contributed by atoms with Crippen molar-refractivity contribution in [2.75, 3.05) is 0 Å². The number of aryl methyl sites for hydroxylation is 1. The Hall–Kier alpha value is -1.49. The van der Waals surface area contributed by atoms with E-state index < -0.39 is 0 Å². The largest absolute Gasteiger partial charge is 0.328 e. The highest BCUT2D eigenvalue weighted by Gasteiger charge is 2.05. The van der Waals surface area contributed by atoms with Crippen LogP contribution in [0.25, 0.3) is 5.65 Å². The van der Waals surface area contributed by atoms with Crippen molar-refractivity contribution < 1.29 is 0 Å². The molecule has 2 N–H and O–H groups in total. The van der Waals surface area contributed by atoms with Crippen molar-refractivity contribution in [2.45, 2.75) is 25.8 Å². The summed E-state index contributed by atoms with van der Waals surface area (Å²) in [7, 11) is 0. The Morgan fingerprint density at radius 2 is 2.36 bits per heavy atom. The Kier molecular flexibility index (Phi) is 2.41. The van der Waals surface area contributed by atoms with Crippen molar-refractivity contribution in [3.8, 4) is 0 Å². The van der Waals surface area contributed by atoms with Crippen molar-refractivity contribution in [1.82, 2.24) is 19.6 Å². The molecule has 2 heterocycles. The Labute approximate surface area is 82.0 Å². The molecule has 0 amide bonds. The second kappa shape index (κ2) is 3.71. The van der Waals surface area contributed by atoms with E-state index in [0.717, 1.165) is 24.3 Å². The predicted octanol–water partition coefficient (Wildman–Crippen LogP) is 0.404. The molecule has 0 fully saturated rings. The molecule has 0 radical (unpaired) electrons. The number of rotatable bonds is 3. The van der Waals surface area contributed by atoms with Gasteiger partial charge in [0.2, 0.25) is 0 Å². The molecule has 2 aromatic rings. The standard InChI is InChI=1S/C9H13N5/c1-7(10)2-3-8-12-13-9-6-11-4-5-14(8)9/h4-7H,2-3,10H2,1H3. The van der Waals surface area contributed by atoms with Gasteiger partial charge in [-0.3, -0.25) is 9.38 Å². The van der Waals surface area contributed by atoms with Crippen molar-refractivity contribution >= 4 is 5.65 Å². The molecule has 0 aliphatic rings. The van der Waals surface area contributed by atoms with Gasteiger partial charge < -0.3 is 5.73 Å². The molecule has 2 rings (SSSR count). The minimum absolute atomic E-state index is 0.198. The fourth-order valence-electron chi connectivity index (χ4n) is 1.33. The highest BCUT2D eigenvalue weighted by Crippen LogP contribution is 2.04. The molecule has 0 saturated heterocycles. The third-order valence-electron chi connectivity index (χ3n) is 2.11. The summed E-state index contributed by atoms with van der Waals surface area (Å²) < 4.78 is 1.94. The van der Waals surface area contributed by atoms with Gasteiger partial charge >= 0.3 is 0 Å². The molecule has 0 saturated carbocycles. The van der Waals surface area contributed by atoms with Gasteiger partial charge in [0.15, 0.2) is 5.65 Å². The number of hydrogen-bond acceptors (Lipinski definition) is 4. The maximum atomic E-state index is 5.68. The molecule has 0 bridgehead atoms. The third-order valence-corrected chi connectivity index (χ3v) is 2.11. The van der Waals surface area contributed by atoms with E-state index in [1.807, 2.05) is 17.5 Å². The number of fused-ring (bicyclic) bond motifs is 1. The van der Waals surface area contributed by atoms with E-state index in [4.69, 9.17) is 5.73 Å². The molecule has 1 atom stereocenters. The summed E-state index contributed by atoms with van der Waals surface area (Å²) in [6.45, 7) is 1.99. The zero-order chi connectivity index (χ0) is 9.97. The lowest BCUT2D eigenvalue weighted by Crippen LogP contribution is -2.16. The fourth-order valence-corrected chi connectivity index (χ4v) is 1.33.